The van der Waals surface area contributed by atoms with E-state index in [0.29, 0.717) is 0 Å². The van der Waals surface area contributed by atoms with Crippen LogP contribution in [0.3, 0.4) is 0 Å². The lowest BCUT2D eigenvalue weighted by molar-refractivity contribution is 0.0633. The highest BCUT2D eigenvalue weighted by atomic mass is 16.5. The zero-order valence-electron chi connectivity index (χ0n) is 18.8. The summed E-state index contributed by atoms with van der Waals surface area (Å²) in [7, 11) is 0. The van der Waals surface area contributed by atoms with Crippen LogP contribution in [0.15, 0.2) is 67.0 Å². The van der Waals surface area contributed by atoms with Crippen molar-refractivity contribution in [2.24, 2.45) is 0 Å². The summed E-state index contributed by atoms with van der Waals surface area (Å²) < 4.78 is 7.90. The number of hydrogen-bond acceptors (Lipinski definition) is 4. The summed E-state index contributed by atoms with van der Waals surface area (Å²) >= 11 is 0. The van der Waals surface area contributed by atoms with Crippen molar-refractivity contribution in [3.63, 3.8) is 0 Å². The van der Waals surface area contributed by atoms with E-state index in [-0.39, 0.29) is 5.91 Å². The molecule has 3 aromatic rings. The topological polar surface area (TPSA) is 50.6 Å². The van der Waals surface area contributed by atoms with Crippen LogP contribution in [-0.2, 0) is 6.54 Å². The second-order valence-electron chi connectivity index (χ2n) is 8.17. The van der Waals surface area contributed by atoms with Gasteiger partial charge >= 0.3 is 0 Å². The molecule has 2 aromatic carbocycles. The van der Waals surface area contributed by atoms with Crippen LogP contribution in [-0.4, -0.2) is 64.6 Å². The summed E-state index contributed by atoms with van der Waals surface area (Å²) in [5.41, 5.74) is 1.86. The Morgan fingerprint density at radius 2 is 1.72 bits per heavy atom. The average Bonchev–Trinajstić information content (AvgIpc) is 3.32. The number of carbonyl (C=O) groups excluding carboxylic acids is 1. The summed E-state index contributed by atoms with van der Waals surface area (Å²) in [5.74, 6) is 1.93. The monoisotopic (exact) mass is 432 g/mol. The van der Waals surface area contributed by atoms with Gasteiger partial charge in [-0.25, -0.2) is 4.98 Å². The van der Waals surface area contributed by atoms with Gasteiger partial charge in [0, 0.05) is 62.8 Å². The third kappa shape index (κ3) is 5.56. The van der Waals surface area contributed by atoms with Crippen LogP contribution in [0, 0.1) is 0 Å². The van der Waals surface area contributed by atoms with Crippen LogP contribution in [0.2, 0.25) is 0 Å². The molecular weight excluding hydrogens is 400 g/mol. The summed E-state index contributed by atoms with van der Waals surface area (Å²) in [6, 6.07) is 17.8. The molecular formula is C26H32N4O2. The number of imidazole rings is 1. The molecule has 6 nitrogen and oxygen atoms in total. The molecule has 168 valence electrons. The van der Waals surface area contributed by atoms with Crippen LogP contribution >= 0.6 is 0 Å². The fraction of sp³-hybridized carbons (Fsp3) is 0.385. The van der Waals surface area contributed by atoms with Gasteiger partial charge in [0.2, 0.25) is 0 Å². The van der Waals surface area contributed by atoms with Crippen LogP contribution in [0.1, 0.15) is 30.1 Å². The molecule has 0 unspecified atom stereocenters. The van der Waals surface area contributed by atoms with E-state index in [4.69, 9.17) is 4.74 Å². The normalized spacial score (nSPS) is 14.5. The fourth-order valence-electron chi connectivity index (χ4n) is 3.97. The van der Waals surface area contributed by atoms with Gasteiger partial charge in [0.25, 0.3) is 5.91 Å². The van der Waals surface area contributed by atoms with E-state index in [1.807, 2.05) is 59.8 Å². The Kier molecular flexibility index (Phi) is 7.56. The molecule has 1 aliphatic heterocycles. The number of hydrogen-bond donors (Lipinski definition) is 0. The fourth-order valence-corrected chi connectivity index (χ4v) is 3.97. The highest BCUT2D eigenvalue weighted by molar-refractivity contribution is 5.94. The Hall–Kier alpha value is -3.12. The maximum atomic E-state index is 12.9. The van der Waals surface area contributed by atoms with Crippen molar-refractivity contribution >= 4 is 5.91 Å². The average molecular weight is 433 g/mol. The predicted molar refractivity (Wildman–Crippen MR) is 127 cm³/mol. The Morgan fingerprint density at radius 3 is 2.44 bits per heavy atom. The molecule has 6 heteroatoms. The van der Waals surface area contributed by atoms with Crippen LogP contribution in [0.5, 0.6) is 5.75 Å². The zero-order chi connectivity index (χ0) is 22.2. The Morgan fingerprint density at radius 1 is 0.969 bits per heavy atom. The first kappa shape index (κ1) is 22.1. The molecule has 1 amide bonds. The van der Waals surface area contributed by atoms with E-state index < -0.39 is 0 Å². The van der Waals surface area contributed by atoms with Gasteiger partial charge in [-0.3, -0.25) is 9.69 Å². The van der Waals surface area contributed by atoms with E-state index in [2.05, 4.69) is 33.5 Å². The first-order valence-corrected chi connectivity index (χ1v) is 11.6. The summed E-state index contributed by atoms with van der Waals surface area (Å²) in [6.07, 6.45) is 6.05. The molecule has 0 saturated carbocycles. The third-order valence-corrected chi connectivity index (χ3v) is 5.93. The number of unbranched alkanes of at least 4 members (excludes halogenated alkanes) is 1. The summed E-state index contributed by atoms with van der Waals surface area (Å²) in [4.78, 5) is 21.8. The highest BCUT2D eigenvalue weighted by Gasteiger charge is 2.22. The van der Waals surface area contributed by atoms with Crippen LogP contribution < -0.4 is 4.74 Å². The summed E-state index contributed by atoms with van der Waals surface area (Å²) in [6.45, 7) is 7.98. The number of piperazine rings is 1. The lowest BCUT2D eigenvalue weighted by atomic mass is 10.1. The standard InChI is InChI=1S/C26H32N4O2/c1-2-3-21-32-24-11-9-23(10-12-24)26(31)30-19-16-28(17-20-30)15-18-29-14-13-27-25(29)22-7-5-4-6-8-22/h4-14H,2-3,15-21H2,1H3. The number of nitrogens with zero attached hydrogens (tertiary/aromatic N) is 4. The Balaban J connectivity index is 1.25. The van der Waals surface area contributed by atoms with E-state index in [9.17, 15) is 4.79 Å². The van der Waals surface area contributed by atoms with Gasteiger partial charge < -0.3 is 14.2 Å². The zero-order valence-corrected chi connectivity index (χ0v) is 18.8. The van der Waals surface area contributed by atoms with Gasteiger partial charge in [0.05, 0.1) is 6.61 Å². The molecule has 1 aliphatic rings. The number of carbonyl (C=O) groups is 1. The van der Waals surface area contributed by atoms with Gasteiger partial charge in [-0.2, -0.15) is 0 Å². The molecule has 1 saturated heterocycles. The largest absolute Gasteiger partial charge is 0.494 e. The molecule has 4 rings (SSSR count). The van der Waals surface area contributed by atoms with E-state index in [1.165, 1.54) is 0 Å². The SMILES string of the molecule is CCCCOc1ccc(C(=O)N2CCN(CCn3ccnc3-c3ccccc3)CC2)cc1. The number of amides is 1. The molecule has 1 fully saturated rings. The lowest BCUT2D eigenvalue weighted by Crippen LogP contribution is -2.49. The number of benzene rings is 2. The minimum Gasteiger partial charge on any atom is -0.494 e. The van der Waals surface area contributed by atoms with Crippen molar-refractivity contribution in [1.82, 2.24) is 19.4 Å². The Labute approximate surface area is 190 Å². The van der Waals surface area contributed by atoms with Crippen molar-refractivity contribution in [1.29, 1.82) is 0 Å². The molecule has 0 radical (unpaired) electrons. The van der Waals surface area contributed by atoms with E-state index >= 15 is 0 Å². The molecule has 0 spiro atoms. The highest BCUT2D eigenvalue weighted by Crippen LogP contribution is 2.18. The first-order chi connectivity index (χ1) is 15.7. The van der Waals surface area contributed by atoms with Gasteiger partial charge in [-0.1, -0.05) is 43.7 Å². The maximum absolute atomic E-state index is 12.9. The molecule has 0 aliphatic carbocycles. The van der Waals surface area contributed by atoms with Gasteiger partial charge in [-0.15, -0.1) is 0 Å². The number of aromatic nitrogens is 2. The molecule has 32 heavy (non-hydrogen) atoms. The minimum atomic E-state index is 0.103. The maximum Gasteiger partial charge on any atom is 0.253 e. The number of rotatable bonds is 9. The van der Waals surface area contributed by atoms with Crippen molar-refractivity contribution in [2.45, 2.75) is 26.3 Å². The second-order valence-corrected chi connectivity index (χ2v) is 8.17. The van der Waals surface area contributed by atoms with Gasteiger partial charge in [-0.05, 0) is 30.7 Å². The molecule has 2 heterocycles. The van der Waals surface area contributed by atoms with E-state index in [1.54, 1.807) is 0 Å². The van der Waals surface area contributed by atoms with E-state index in [0.717, 1.165) is 81.4 Å². The summed E-state index contributed by atoms with van der Waals surface area (Å²) in [5, 5.41) is 0. The quantitative estimate of drug-likeness (QED) is 0.476. The molecule has 0 atom stereocenters. The third-order valence-electron chi connectivity index (χ3n) is 5.93. The first-order valence-electron chi connectivity index (χ1n) is 11.6. The van der Waals surface area contributed by atoms with Crippen LogP contribution in [0.4, 0.5) is 0 Å². The van der Waals surface area contributed by atoms with Crippen molar-refractivity contribution in [3.05, 3.63) is 72.6 Å². The van der Waals surface area contributed by atoms with Crippen molar-refractivity contribution in [2.75, 3.05) is 39.3 Å². The number of ether oxygens (including phenoxy) is 1. The van der Waals surface area contributed by atoms with Crippen molar-refractivity contribution in [3.8, 4) is 17.1 Å². The minimum absolute atomic E-state index is 0.103. The predicted octanol–water partition coefficient (Wildman–Crippen LogP) is 4.19. The molecule has 0 bridgehead atoms. The van der Waals surface area contributed by atoms with Crippen molar-refractivity contribution < 1.29 is 9.53 Å². The molecule has 0 N–H and O–H groups in total. The van der Waals surface area contributed by atoms with Gasteiger partial charge in [0.1, 0.15) is 11.6 Å². The van der Waals surface area contributed by atoms with Gasteiger partial charge in [0.15, 0.2) is 0 Å². The lowest BCUT2D eigenvalue weighted by Gasteiger charge is -2.35. The second kappa shape index (κ2) is 11.0. The molecule has 1 aromatic heterocycles. The Bertz CT molecular complexity index is 977. The van der Waals surface area contributed by atoms with Crippen LogP contribution in [0.25, 0.3) is 11.4 Å². The smallest absolute Gasteiger partial charge is 0.253 e.